The van der Waals surface area contributed by atoms with Gasteiger partial charge in [0, 0.05) is 37.8 Å². The molecule has 1 aromatic rings. The van der Waals surface area contributed by atoms with Crippen LogP contribution >= 0.6 is 11.6 Å². The molecule has 0 aliphatic carbocycles. The molecule has 4 heterocycles. The standard InChI is InChI=1S/C20H27ClN4O2/c21-15-3-6-18(22-11-15)24-20(27)14-2-1-7-25(12-14)19(26)10-13-8-16-4-5-17(9-13)23-16/h3,6,11,13-14,16-17,23H,1-2,4-5,7-10,12H2,(H,22,24,27). The summed E-state index contributed by atoms with van der Waals surface area (Å²) in [5.74, 6) is 0.955. The van der Waals surface area contributed by atoms with E-state index in [1.165, 1.54) is 19.0 Å². The van der Waals surface area contributed by atoms with Gasteiger partial charge in [-0.3, -0.25) is 9.59 Å². The van der Waals surface area contributed by atoms with Crippen molar-refractivity contribution in [2.45, 2.75) is 57.0 Å². The Bertz CT molecular complexity index is 684. The summed E-state index contributed by atoms with van der Waals surface area (Å²) in [6.07, 6.45) is 8.54. The van der Waals surface area contributed by atoms with Gasteiger partial charge in [-0.15, -0.1) is 0 Å². The maximum absolute atomic E-state index is 12.8. The highest BCUT2D eigenvalue weighted by molar-refractivity contribution is 6.30. The van der Waals surface area contributed by atoms with Crippen molar-refractivity contribution in [2.24, 2.45) is 11.8 Å². The smallest absolute Gasteiger partial charge is 0.230 e. The first-order valence-electron chi connectivity index (χ1n) is 10.0. The zero-order chi connectivity index (χ0) is 18.8. The van der Waals surface area contributed by atoms with Gasteiger partial charge in [0.05, 0.1) is 10.9 Å². The van der Waals surface area contributed by atoms with Gasteiger partial charge in [0.2, 0.25) is 11.8 Å². The molecule has 3 atom stereocenters. The zero-order valence-corrected chi connectivity index (χ0v) is 16.3. The fourth-order valence-electron chi connectivity index (χ4n) is 4.81. The van der Waals surface area contributed by atoms with E-state index in [1.807, 2.05) is 4.90 Å². The molecule has 3 saturated heterocycles. The number of carbonyl (C=O) groups excluding carboxylic acids is 2. The topological polar surface area (TPSA) is 74.3 Å². The number of pyridine rings is 1. The molecule has 146 valence electrons. The maximum Gasteiger partial charge on any atom is 0.230 e. The van der Waals surface area contributed by atoms with Crippen molar-refractivity contribution in [1.29, 1.82) is 0 Å². The van der Waals surface area contributed by atoms with E-state index >= 15 is 0 Å². The minimum Gasteiger partial charge on any atom is -0.342 e. The van der Waals surface area contributed by atoms with Crippen LogP contribution in [0.3, 0.4) is 0 Å². The van der Waals surface area contributed by atoms with Gasteiger partial charge in [0.25, 0.3) is 0 Å². The summed E-state index contributed by atoms with van der Waals surface area (Å²) in [6.45, 7) is 1.27. The van der Waals surface area contributed by atoms with Gasteiger partial charge >= 0.3 is 0 Å². The predicted octanol–water partition coefficient (Wildman–Crippen LogP) is 2.83. The largest absolute Gasteiger partial charge is 0.342 e. The molecule has 6 nitrogen and oxygen atoms in total. The summed E-state index contributed by atoms with van der Waals surface area (Å²) >= 11 is 5.83. The van der Waals surface area contributed by atoms with Crippen molar-refractivity contribution in [3.05, 3.63) is 23.4 Å². The summed E-state index contributed by atoms with van der Waals surface area (Å²) in [4.78, 5) is 31.4. The monoisotopic (exact) mass is 390 g/mol. The van der Waals surface area contributed by atoms with Crippen LogP contribution in [0.5, 0.6) is 0 Å². The Morgan fingerprint density at radius 2 is 2.00 bits per heavy atom. The molecule has 3 fully saturated rings. The van der Waals surface area contributed by atoms with E-state index in [0.29, 0.717) is 41.8 Å². The third kappa shape index (κ3) is 4.61. The van der Waals surface area contributed by atoms with Crippen LogP contribution < -0.4 is 10.6 Å². The number of carbonyl (C=O) groups is 2. The fourth-order valence-corrected chi connectivity index (χ4v) is 4.93. The fraction of sp³-hybridized carbons (Fsp3) is 0.650. The van der Waals surface area contributed by atoms with E-state index in [-0.39, 0.29) is 17.7 Å². The van der Waals surface area contributed by atoms with E-state index in [9.17, 15) is 9.59 Å². The molecule has 0 aromatic carbocycles. The van der Waals surface area contributed by atoms with Crippen molar-refractivity contribution in [3.8, 4) is 0 Å². The first-order valence-corrected chi connectivity index (χ1v) is 10.4. The molecule has 4 rings (SSSR count). The van der Waals surface area contributed by atoms with E-state index in [2.05, 4.69) is 15.6 Å². The summed E-state index contributed by atoms with van der Waals surface area (Å²) in [7, 11) is 0. The average molecular weight is 391 g/mol. The van der Waals surface area contributed by atoms with Crippen molar-refractivity contribution in [1.82, 2.24) is 15.2 Å². The lowest BCUT2D eigenvalue weighted by Gasteiger charge is -2.34. The van der Waals surface area contributed by atoms with Crippen molar-refractivity contribution in [2.75, 3.05) is 18.4 Å². The van der Waals surface area contributed by atoms with Gasteiger partial charge in [0.15, 0.2) is 0 Å². The summed E-state index contributed by atoms with van der Waals surface area (Å²) < 4.78 is 0. The average Bonchev–Trinajstić information content (AvgIpc) is 3.02. The molecule has 0 saturated carbocycles. The number of hydrogen-bond donors (Lipinski definition) is 2. The Balaban J connectivity index is 1.30. The molecule has 1 aromatic heterocycles. The Morgan fingerprint density at radius 1 is 1.22 bits per heavy atom. The van der Waals surface area contributed by atoms with Crippen LogP contribution in [0.25, 0.3) is 0 Å². The van der Waals surface area contributed by atoms with Crippen LogP contribution in [-0.4, -0.2) is 46.9 Å². The number of hydrogen-bond acceptors (Lipinski definition) is 4. The van der Waals surface area contributed by atoms with Gasteiger partial charge in [-0.25, -0.2) is 4.98 Å². The molecular weight excluding hydrogens is 364 g/mol. The maximum atomic E-state index is 12.8. The number of piperidine rings is 2. The molecule has 3 unspecified atom stereocenters. The van der Waals surface area contributed by atoms with Crippen molar-refractivity contribution >= 4 is 29.2 Å². The second kappa shape index (κ2) is 8.15. The molecule has 2 N–H and O–H groups in total. The highest BCUT2D eigenvalue weighted by Crippen LogP contribution is 2.33. The number of anilines is 1. The van der Waals surface area contributed by atoms with Crippen molar-refractivity contribution in [3.63, 3.8) is 0 Å². The Morgan fingerprint density at radius 3 is 2.70 bits per heavy atom. The summed E-state index contributed by atoms with van der Waals surface area (Å²) in [5, 5.41) is 7.01. The normalized spacial score (nSPS) is 30.2. The molecule has 0 spiro atoms. The second-order valence-corrected chi connectivity index (χ2v) is 8.65. The lowest BCUT2D eigenvalue weighted by Crippen LogP contribution is -2.45. The molecule has 2 bridgehead atoms. The van der Waals surface area contributed by atoms with E-state index in [4.69, 9.17) is 11.6 Å². The molecule has 0 radical (unpaired) electrons. The predicted molar refractivity (Wildman–Crippen MR) is 104 cm³/mol. The van der Waals surface area contributed by atoms with Gasteiger partial charge < -0.3 is 15.5 Å². The number of nitrogens with one attached hydrogen (secondary N) is 2. The summed E-state index contributed by atoms with van der Waals surface area (Å²) in [5.41, 5.74) is 0. The molecule has 3 aliphatic heterocycles. The van der Waals surface area contributed by atoms with Crippen LogP contribution in [0.4, 0.5) is 5.82 Å². The molecule has 7 heteroatoms. The molecule has 2 amide bonds. The molecular formula is C20H27ClN4O2. The number of fused-ring (bicyclic) bond motifs is 2. The first-order chi connectivity index (χ1) is 13.1. The first kappa shape index (κ1) is 18.7. The van der Waals surface area contributed by atoms with E-state index < -0.39 is 0 Å². The van der Waals surface area contributed by atoms with Crippen LogP contribution in [0.15, 0.2) is 18.3 Å². The number of amides is 2. The van der Waals surface area contributed by atoms with Crippen molar-refractivity contribution < 1.29 is 9.59 Å². The Labute approximate surface area is 165 Å². The molecule has 27 heavy (non-hydrogen) atoms. The lowest BCUT2D eigenvalue weighted by molar-refractivity contribution is -0.135. The highest BCUT2D eigenvalue weighted by atomic mass is 35.5. The Hall–Kier alpha value is -1.66. The van der Waals surface area contributed by atoms with Gasteiger partial charge in [-0.2, -0.15) is 0 Å². The number of nitrogens with zero attached hydrogens (tertiary/aromatic N) is 2. The number of aromatic nitrogens is 1. The van der Waals surface area contributed by atoms with Gasteiger partial charge in [-0.05, 0) is 56.6 Å². The summed E-state index contributed by atoms with van der Waals surface area (Å²) in [6, 6.07) is 4.60. The number of rotatable bonds is 4. The van der Waals surface area contributed by atoms with Crippen LogP contribution in [0.1, 0.15) is 44.9 Å². The lowest BCUT2D eigenvalue weighted by atomic mass is 9.88. The number of halogens is 1. The SMILES string of the molecule is O=C(Nc1ccc(Cl)cn1)C1CCCN(C(=O)CC2CC3CCC(C2)N3)C1. The third-order valence-electron chi connectivity index (χ3n) is 6.16. The van der Waals surface area contributed by atoms with Gasteiger partial charge in [0.1, 0.15) is 5.82 Å². The van der Waals surface area contributed by atoms with E-state index in [1.54, 1.807) is 12.1 Å². The molecule has 3 aliphatic rings. The van der Waals surface area contributed by atoms with Crippen LogP contribution in [0.2, 0.25) is 5.02 Å². The van der Waals surface area contributed by atoms with Crippen LogP contribution in [0, 0.1) is 11.8 Å². The number of likely N-dealkylation sites (tertiary alicyclic amines) is 1. The zero-order valence-electron chi connectivity index (χ0n) is 15.5. The highest BCUT2D eigenvalue weighted by Gasteiger charge is 2.36. The minimum absolute atomic E-state index is 0.0674. The Kier molecular flexibility index (Phi) is 5.64. The van der Waals surface area contributed by atoms with Crippen LogP contribution in [-0.2, 0) is 9.59 Å². The van der Waals surface area contributed by atoms with E-state index in [0.717, 1.165) is 32.2 Å². The van der Waals surface area contributed by atoms with Gasteiger partial charge in [-0.1, -0.05) is 11.6 Å². The quantitative estimate of drug-likeness (QED) is 0.829. The second-order valence-electron chi connectivity index (χ2n) is 8.21. The minimum atomic E-state index is -0.176. The third-order valence-corrected chi connectivity index (χ3v) is 6.38.